The zero-order valence-electron chi connectivity index (χ0n) is 20.6. The van der Waals surface area contributed by atoms with Crippen LogP contribution in [0.4, 0.5) is 0 Å². The zero-order valence-corrected chi connectivity index (χ0v) is 20.6. The number of carbonyl (C=O) groups is 1. The Labute approximate surface area is 197 Å². The molecule has 180 valence electrons. The number of ether oxygens (including phenoxy) is 2. The van der Waals surface area contributed by atoms with Crippen molar-refractivity contribution in [3.05, 3.63) is 30.0 Å². The maximum Gasteiger partial charge on any atom is 0.223 e. The van der Waals surface area contributed by atoms with E-state index in [4.69, 9.17) is 14.6 Å². The van der Waals surface area contributed by atoms with Crippen LogP contribution < -0.4 is 14.8 Å². The lowest BCUT2D eigenvalue weighted by molar-refractivity contribution is -0.125. The van der Waals surface area contributed by atoms with Crippen LogP contribution in [-0.2, 0) is 11.8 Å². The molecule has 3 aliphatic rings. The lowest BCUT2D eigenvalue weighted by Gasteiger charge is -2.50. The molecule has 0 spiro atoms. The third-order valence-electron chi connectivity index (χ3n) is 7.72. The molecule has 3 fully saturated rings. The highest BCUT2D eigenvalue weighted by molar-refractivity contribution is 5.78. The highest BCUT2D eigenvalue weighted by atomic mass is 16.5. The van der Waals surface area contributed by atoms with Crippen molar-refractivity contribution >= 4 is 5.91 Å². The second-order valence-electron chi connectivity index (χ2n) is 9.45. The van der Waals surface area contributed by atoms with Crippen LogP contribution in [0.15, 0.2) is 24.3 Å². The molecule has 1 aromatic heterocycles. The summed E-state index contributed by atoms with van der Waals surface area (Å²) in [6.45, 7) is 7.10. The summed E-state index contributed by atoms with van der Waals surface area (Å²) in [4.78, 5) is 15.0. The molecule has 1 aromatic carbocycles. The van der Waals surface area contributed by atoms with Gasteiger partial charge in [-0.1, -0.05) is 13.8 Å². The molecule has 4 atom stereocenters. The van der Waals surface area contributed by atoms with Crippen LogP contribution in [0.25, 0.3) is 11.3 Å². The number of benzene rings is 1. The first-order valence-corrected chi connectivity index (χ1v) is 12.3. The van der Waals surface area contributed by atoms with E-state index in [-0.39, 0.29) is 11.8 Å². The van der Waals surface area contributed by atoms with E-state index in [9.17, 15) is 4.79 Å². The number of aryl methyl sites for hydroxylation is 1. The highest BCUT2D eigenvalue weighted by Gasteiger charge is 2.42. The summed E-state index contributed by atoms with van der Waals surface area (Å²) in [7, 11) is 5.35. The van der Waals surface area contributed by atoms with Gasteiger partial charge in [-0.25, -0.2) is 0 Å². The summed E-state index contributed by atoms with van der Waals surface area (Å²) in [5.74, 6) is 2.87. The number of nitrogens with one attached hydrogen (secondary N) is 1. The minimum atomic E-state index is 0.137. The van der Waals surface area contributed by atoms with E-state index in [0.29, 0.717) is 23.6 Å². The van der Waals surface area contributed by atoms with E-state index in [1.807, 2.05) is 29.9 Å². The van der Waals surface area contributed by atoms with Crippen molar-refractivity contribution in [3.8, 4) is 22.8 Å². The Morgan fingerprint density at radius 3 is 2.58 bits per heavy atom. The Balaban J connectivity index is 1.45. The molecular weight excluding hydrogens is 416 g/mol. The van der Waals surface area contributed by atoms with Gasteiger partial charge in [0.2, 0.25) is 5.91 Å². The fourth-order valence-electron chi connectivity index (χ4n) is 5.67. The highest BCUT2D eigenvalue weighted by Crippen LogP contribution is 2.42. The van der Waals surface area contributed by atoms with Gasteiger partial charge < -0.3 is 14.8 Å². The van der Waals surface area contributed by atoms with Crippen LogP contribution in [0, 0.1) is 11.8 Å². The lowest BCUT2D eigenvalue weighted by Crippen LogP contribution is -2.56. The molecule has 1 amide bonds. The smallest absolute Gasteiger partial charge is 0.223 e. The number of rotatable bonds is 9. The average Bonchev–Trinajstić information content (AvgIpc) is 3.24. The molecule has 33 heavy (non-hydrogen) atoms. The molecule has 5 rings (SSSR count). The van der Waals surface area contributed by atoms with Crippen LogP contribution in [-0.4, -0.2) is 60.5 Å². The third-order valence-corrected chi connectivity index (χ3v) is 7.72. The first-order chi connectivity index (χ1) is 16.0. The third kappa shape index (κ3) is 4.74. The SMILES string of the molecule is CCC(CC)C(=O)NCC1CC2CCN1CC2c1cc(-c2ccc(OC)c(OC)c2)nn1C. The van der Waals surface area contributed by atoms with Gasteiger partial charge in [-0.3, -0.25) is 14.4 Å². The van der Waals surface area contributed by atoms with Crippen molar-refractivity contribution in [1.29, 1.82) is 0 Å². The van der Waals surface area contributed by atoms with Crippen molar-refractivity contribution in [2.24, 2.45) is 18.9 Å². The average molecular weight is 455 g/mol. The van der Waals surface area contributed by atoms with Crippen LogP contribution in [0.5, 0.6) is 11.5 Å². The van der Waals surface area contributed by atoms with Crippen molar-refractivity contribution in [2.45, 2.75) is 51.5 Å². The van der Waals surface area contributed by atoms with E-state index < -0.39 is 0 Å². The van der Waals surface area contributed by atoms with E-state index in [0.717, 1.165) is 55.9 Å². The number of aromatic nitrogens is 2. The lowest BCUT2D eigenvalue weighted by atomic mass is 9.74. The topological polar surface area (TPSA) is 68.6 Å². The molecule has 4 heterocycles. The number of fused-ring (bicyclic) bond motifs is 3. The Hall–Kier alpha value is -2.54. The van der Waals surface area contributed by atoms with E-state index in [2.05, 4.69) is 30.1 Å². The molecule has 0 aliphatic carbocycles. The Bertz CT molecular complexity index is 968. The minimum absolute atomic E-state index is 0.137. The summed E-state index contributed by atoms with van der Waals surface area (Å²) in [6, 6.07) is 8.62. The summed E-state index contributed by atoms with van der Waals surface area (Å²) in [5.41, 5.74) is 3.27. The summed E-state index contributed by atoms with van der Waals surface area (Å²) in [5, 5.41) is 8.06. The number of methoxy groups -OCH3 is 2. The number of hydrogen-bond acceptors (Lipinski definition) is 5. The number of nitrogens with zero attached hydrogens (tertiary/aromatic N) is 3. The molecule has 7 nitrogen and oxygen atoms in total. The Morgan fingerprint density at radius 1 is 1.18 bits per heavy atom. The monoisotopic (exact) mass is 454 g/mol. The van der Waals surface area contributed by atoms with Crippen molar-refractivity contribution in [3.63, 3.8) is 0 Å². The van der Waals surface area contributed by atoms with Crippen molar-refractivity contribution < 1.29 is 14.3 Å². The van der Waals surface area contributed by atoms with Gasteiger partial charge >= 0.3 is 0 Å². The van der Waals surface area contributed by atoms with Gasteiger partial charge in [0.05, 0.1) is 19.9 Å². The molecule has 0 saturated carbocycles. The van der Waals surface area contributed by atoms with Crippen molar-refractivity contribution in [1.82, 2.24) is 20.0 Å². The van der Waals surface area contributed by atoms with Gasteiger partial charge in [0, 0.05) is 49.3 Å². The minimum Gasteiger partial charge on any atom is -0.493 e. The van der Waals surface area contributed by atoms with E-state index in [1.54, 1.807) is 14.2 Å². The summed E-state index contributed by atoms with van der Waals surface area (Å²) < 4.78 is 12.9. The standard InChI is InChI=1S/C26H38N4O3/c1-6-17(7-2)26(31)27-15-20-12-18-10-11-30(20)16-21(18)23-14-22(28-29(23)3)19-8-9-24(32-4)25(13-19)33-5/h8-9,13-14,17-18,20-21H,6-7,10-12,15-16H2,1-5H3,(H,27,31). The van der Waals surface area contributed by atoms with Crippen LogP contribution in [0.2, 0.25) is 0 Å². The number of amides is 1. The second-order valence-corrected chi connectivity index (χ2v) is 9.45. The predicted octanol–water partition coefficient (Wildman–Crippen LogP) is 3.83. The van der Waals surface area contributed by atoms with Gasteiger partial charge in [0.1, 0.15) is 0 Å². The van der Waals surface area contributed by atoms with Crippen molar-refractivity contribution in [2.75, 3.05) is 33.9 Å². The Morgan fingerprint density at radius 2 is 1.94 bits per heavy atom. The maximum atomic E-state index is 12.5. The van der Waals surface area contributed by atoms with Gasteiger partial charge in [0.25, 0.3) is 0 Å². The molecule has 4 unspecified atom stereocenters. The number of piperidine rings is 3. The molecule has 1 N–H and O–H groups in total. The maximum absolute atomic E-state index is 12.5. The van der Waals surface area contributed by atoms with E-state index in [1.165, 1.54) is 12.1 Å². The number of carbonyl (C=O) groups excluding carboxylic acids is 1. The van der Waals surface area contributed by atoms with Crippen LogP contribution in [0.3, 0.4) is 0 Å². The first kappa shape index (κ1) is 23.6. The van der Waals surface area contributed by atoms with Gasteiger partial charge in [-0.2, -0.15) is 5.10 Å². The predicted molar refractivity (Wildman–Crippen MR) is 130 cm³/mol. The summed E-state index contributed by atoms with van der Waals surface area (Å²) in [6.07, 6.45) is 4.15. The molecular formula is C26H38N4O3. The molecule has 3 saturated heterocycles. The molecule has 2 bridgehead atoms. The second kappa shape index (κ2) is 10.2. The normalized spacial score (nSPS) is 24.2. The largest absolute Gasteiger partial charge is 0.493 e. The first-order valence-electron chi connectivity index (χ1n) is 12.3. The summed E-state index contributed by atoms with van der Waals surface area (Å²) >= 11 is 0. The van der Waals surface area contributed by atoms with Gasteiger partial charge in [-0.15, -0.1) is 0 Å². The number of hydrogen-bond donors (Lipinski definition) is 1. The zero-order chi connectivity index (χ0) is 23.5. The van der Waals surface area contributed by atoms with Crippen LogP contribution in [0.1, 0.15) is 51.1 Å². The fraction of sp³-hybridized carbons (Fsp3) is 0.615. The fourth-order valence-corrected chi connectivity index (χ4v) is 5.67. The van der Waals surface area contributed by atoms with Crippen LogP contribution >= 0.6 is 0 Å². The molecule has 2 aromatic rings. The molecule has 3 aliphatic heterocycles. The quantitative estimate of drug-likeness (QED) is 0.624. The molecule has 0 radical (unpaired) electrons. The van der Waals surface area contributed by atoms with E-state index >= 15 is 0 Å². The van der Waals surface area contributed by atoms with Gasteiger partial charge in [-0.05, 0) is 62.4 Å². The van der Waals surface area contributed by atoms with Gasteiger partial charge in [0.15, 0.2) is 11.5 Å². The molecule has 7 heteroatoms. The Kier molecular flexibility index (Phi) is 7.27.